The van der Waals surface area contributed by atoms with Gasteiger partial charge < -0.3 is 5.32 Å². The number of carbonyl (C=O) groups is 1. The number of hydrogen-bond donors (Lipinski definition) is 1. The highest BCUT2D eigenvalue weighted by Crippen LogP contribution is 2.20. The summed E-state index contributed by atoms with van der Waals surface area (Å²) in [5.41, 5.74) is 4.71. The normalized spacial score (nSPS) is 15.2. The molecule has 3 aromatic rings. The first-order valence-electron chi connectivity index (χ1n) is 10.4. The van der Waals surface area contributed by atoms with Crippen LogP contribution in [0, 0.1) is 13.8 Å². The smallest absolute Gasteiger partial charge is 0.308 e. The molecule has 0 radical (unpaired) electrons. The summed E-state index contributed by atoms with van der Waals surface area (Å²) < 4.78 is 1.79. The molecule has 0 unspecified atom stereocenters. The van der Waals surface area contributed by atoms with Gasteiger partial charge in [-0.05, 0) is 37.1 Å². The fraction of sp³-hybridized carbons (Fsp3) is 0.348. The minimum absolute atomic E-state index is 0.0114. The number of amides is 1. The first kappa shape index (κ1) is 21.4. The van der Waals surface area contributed by atoms with Crippen molar-refractivity contribution in [2.75, 3.05) is 38.0 Å². The third-order valence-corrected chi connectivity index (χ3v) is 6.39. The van der Waals surface area contributed by atoms with Gasteiger partial charge >= 0.3 is 4.87 Å². The first-order valence-corrected chi connectivity index (χ1v) is 11.3. The van der Waals surface area contributed by atoms with E-state index < -0.39 is 0 Å². The van der Waals surface area contributed by atoms with Crippen LogP contribution >= 0.6 is 11.3 Å². The molecule has 0 bridgehead atoms. The van der Waals surface area contributed by atoms with Crippen molar-refractivity contribution in [1.29, 1.82) is 0 Å². The molecule has 0 spiro atoms. The van der Waals surface area contributed by atoms with Crippen LogP contribution in [0.4, 0.5) is 5.69 Å². The highest BCUT2D eigenvalue weighted by atomic mass is 32.1. The van der Waals surface area contributed by atoms with E-state index in [0.29, 0.717) is 13.2 Å². The molecule has 1 N–H and O–H groups in total. The number of benzene rings is 1. The predicted molar refractivity (Wildman–Crippen MR) is 124 cm³/mol. The van der Waals surface area contributed by atoms with Crippen molar-refractivity contribution in [3.05, 3.63) is 68.8 Å². The molecule has 8 heteroatoms. The second-order valence-electron chi connectivity index (χ2n) is 7.88. The molecule has 3 heterocycles. The number of anilines is 1. The molecule has 0 atom stereocenters. The molecule has 1 aliphatic heterocycles. The zero-order valence-corrected chi connectivity index (χ0v) is 18.7. The van der Waals surface area contributed by atoms with Gasteiger partial charge in [0.25, 0.3) is 0 Å². The number of aromatic nitrogens is 2. The number of rotatable bonds is 6. The van der Waals surface area contributed by atoms with Crippen molar-refractivity contribution in [2.45, 2.75) is 20.5 Å². The fourth-order valence-corrected chi connectivity index (χ4v) is 4.60. The molecule has 1 saturated heterocycles. The summed E-state index contributed by atoms with van der Waals surface area (Å²) in [6.45, 7) is 8.12. The van der Waals surface area contributed by atoms with E-state index in [0.717, 1.165) is 54.4 Å². The number of aryl methyl sites for hydroxylation is 2. The molecule has 4 rings (SSSR count). The molecule has 0 aliphatic carbocycles. The van der Waals surface area contributed by atoms with E-state index in [1.54, 1.807) is 10.8 Å². The molecular formula is C23H27N5O2S. The molecule has 1 aromatic carbocycles. The van der Waals surface area contributed by atoms with Gasteiger partial charge in [0, 0.05) is 43.4 Å². The maximum Gasteiger partial charge on any atom is 0.308 e. The molecule has 0 saturated carbocycles. The molecule has 1 aliphatic rings. The first-order chi connectivity index (χ1) is 15.0. The van der Waals surface area contributed by atoms with Gasteiger partial charge in [0.05, 0.1) is 24.6 Å². The summed E-state index contributed by atoms with van der Waals surface area (Å²) in [5.74, 6) is 0.0114. The van der Waals surface area contributed by atoms with E-state index in [2.05, 4.69) is 20.1 Å². The Bertz CT molecular complexity index is 1080. The molecular weight excluding hydrogens is 410 g/mol. The number of pyridine rings is 1. The second-order valence-corrected chi connectivity index (χ2v) is 8.70. The van der Waals surface area contributed by atoms with Crippen LogP contribution in [0.25, 0.3) is 11.4 Å². The standard InChI is InChI=1S/C23H27N5O2S/c1-17-6-5-7-18(2)22(17)25-21(29)14-26-10-12-27(13-11-26)16-28-20(15-31-23(28)30)19-8-3-4-9-24-19/h3-9,15H,10-14,16H2,1-2H3,(H,25,29). The maximum absolute atomic E-state index is 12.6. The van der Waals surface area contributed by atoms with Crippen LogP contribution in [-0.2, 0) is 11.5 Å². The number of nitrogens with one attached hydrogen (secondary N) is 1. The summed E-state index contributed by atoms with van der Waals surface area (Å²) in [6, 6.07) is 11.7. The lowest BCUT2D eigenvalue weighted by atomic mass is 10.1. The van der Waals surface area contributed by atoms with Crippen molar-refractivity contribution >= 4 is 22.9 Å². The van der Waals surface area contributed by atoms with Crippen LogP contribution in [0.3, 0.4) is 0 Å². The molecule has 7 nitrogen and oxygen atoms in total. The lowest BCUT2D eigenvalue weighted by molar-refractivity contribution is -0.117. The Balaban J connectivity index is 1.32. The summed E-state index contributed by atoms with van der Waals surface area (Å²) in [7, 11) is 0. The van der Waals surface area contributed by atoms with Crippen LogP contribution < -0.4 is 10.2 Å². The second kappa shape index (κ2) is 9.55. The predicted octanol–water partition coefficient (Wildman–Crippen LogP) is 2.80. The van der Waals surface area contributed by atoms with Crippen LogP contribution in [0.1, 0.15) is 11.1 Å². The van der Waals surface area contributed by atoms with Crippen molar-refractivity contribution < 1.29 is 4.79 Å². The summed E-state index contributed by atoms with van der Waals surface area (Å²) in [6.07, 6.45) is 1.74. The third kappa shape index (κ3) is 5.10. The Labute approximate surface area is 186 Å². The lowest BCUT2D eigenvalue weighted by Gasteiger charge is -2.34. The molecule has 2 aromatic heterocycles. The van der Waals surface area contributed by atoms with Crippen molar-refractivity contribution in [2.24, 2.45) is 0 Å². The topological polar surface area (TPSA) is 70.5 Å². The summed E-state index contributed by atoms with van der Waals surface area (Å²) in [5, 5.41) is 4.94. The van der Waals surface area contributed by atoms with Gasteiger partial charge in [-0.1, -0.05) is 35.6 Å². The van der Waals surface area contributed by atoms with Gasteiger partial charge in [0.2, 0.25) is 5.91 Å². The average Bonchev–Trinajstić information content (AvgIpc) is 3.13. The minimum Gasteiger partial charge on any atom is -0.324 e. The van der Waals surface area contributed by atoms with E-state index in [1.165, 1.54) is 11.3 Å². The van der Waals surface area contributed by atoms with Crippen LogP contribution in [0.15, 0.2) is 52.8 Å². The van der Waals surface area contributed by atoms with Gasteiger partial charge in [-0.3, -0.25) is 28.9 Å². The monoisotopic (exact) mass is 437 g/mol. The van der Waals surface area contributed by atoms with E-state index in [1.807, 2.05) is 55.6 Å². The summed E-state index contributed by atoms with van der Waals surface area (Å²) >= 11 is 1.20. The van der Waals surface area contributed by atoms with Gasteiger partial charge in [-0.2, -0.15) is 0 Å². The third-order valence-electron chi connectivity index (χ3n) is 5.63. The van der Waals surface area contributed by atoms with Gasteiger partial charge in [-0.25, -0.2) is 0 Å². The SMILES string of the molecule is Cc1cccc(C)c1NC(=O)CN1CCN(Cn2c(-c3ccccn3)csc2=O)CC1. The lowest BCUT2D eigenvalue weighted by Crippen LogP contribution is -2.49. The fourth-order valence-electron chi connectivity index (χ4n) is 3.86. The minimum atomic E-state index is 0.0114. The van der Waals surface area contributed by atoms with E-state index in [4.69, 9.17) is 0 Å². The average molecular weight is 438 g/mol. The largest absolute Gasteiger partial charge is 0.324 e. The number of thiazole rings is 1. The Morgan fingerprint density at radius 1 is 1.03 bits per heavy atom. The van der Waals surface area contributed by atoms with E-state index in [9.17, 15) is 9.59 Å². The Kier molecular flexibility index (Phi) is 6.60. The Morgan fingerprint density at radius 3 is 2.42 bits per heavy atom. The van der Waals surface area contributed by atoms with E-state index >= 15 is 0 Å². The highest BCUT2D eigenvalue weighted by Gasteiger charge is 2.21. The van der Waals surface area contributed by atoms with Crippen molar-refractivity contribution in [3.63, 3.8) is 0 Å². The number of nitrogens with zero attached hydrogens (tertiary/aromatic N) is 4. The van der Waals surface area contributed by atoms with Crippen molar-refractivity contribution in [1.82, 2.24) is 19.4 Å². The maximum atomic E-state index is 12.6. The molecule has 1 amide bonds. The number of para-hydroxylation sites is 1. The zero-order valence-electron chi connectivity index (χ0n) is 17.9. The van der Waals surface area contributed by atoms with Gasteiger partial charge in [0.1, 0.15) is 0 Å². The number of piperazine rings is 1. The molecule has 31 heavy (non-hydrogen) atoms. The molecule has 1 fully saturated rings. The van der Waals surface area contributed by atoms with Crippen LogP contribution in [0.2, 0.25) is 0 Å². The quantitative estimate of drug-likeness (QED) is 0.642. The van der Waals surface area contributed by atoms with Crippen LogP contribution in [0.5, 0.6) is 0 Å². The Morgan fingerprint density at radius 2 is 1.74 bits per heavy atom. The van der Waals surface area contributed by atoms with Crippen LogP contribution in [-0.4, -0.2) is 58.0 Å². The summed E-state index contributed by atoms with van der Waals surface area (Å²) in [4.78, 5) is 33.8. The number of hydrogen-bond acceptors (Lipinski definition) is 6. The van der Waals surface area contributed by atoms with Gasteiger partial charge in [-0.15, -0.1) is 0 Å². The van der Waals surface area contributed by atoms with Crippen molar-refractivity contribution in [3.8, 4) is 11.4 Å². The van der Waals surface area contributed by atoms with Gasteiger partial charge in [0.15, 0.2) is 0 Å². The molecule has 162 valence electrons. The zero-order chi connectivity index (χ0) is 21.8. The Hall–Kier alpha value is -2.81. The van der Waals surface area contributed by atoms with E-state index in [-0.39, 0.29) is 10.8 Å². The number of carbonyl (C=O) groups excluding carboxylic acids is 1. The highest BCUT2D eigenvalue weighted by molar-refractivity contribution is 7.07.